The Labute approximate surface area is 235 Å². The first kappa shape index (κ1) is 28.7. The first-order chi connectivity index (χ1) is 19.9. The Kier molecular flexibility index (Phi) is 9.54. The van der Waals surface area contributed by atoms with Gasteiger partial charge in [-0.25, -0.2) is 4.39 Å². The van der Waals surface area contributed by atoms with Gasteiger partial charge < -0.3 is 25.8 Å². The number of guanidine groups is 1. The lowest BCUT2D eigenvalue weighted by Crippen LogP contribution is -2.50. The van der Waals surface area contributed by atoms with Gasteiger partial charge in [0.15, 0.2) is 17.5 Å². The number of aromatic nitrogens is 4. The van der Waals surface area contributed by atoms with E-state index in [-0.39, 0.29) is 36.7 Å². The number of amides is 2. The number of nitrogens with one attached hydrogen (secondary N) is 3. The van der Waals surface area contributed by atoms with Crippen molar-refractivity contribution in [3.63, 3.8) is 0 Å². The molecule has 0 aliphatic carbocycles. The van der Waals surface area contributed by atoms with E-state index in [1.54, 1.807) is 24.3 Å². The number of ether oxygens (including phenoxy) is 2. The molecule has 5 N–H and O–H groups in total. The van der Waals surface area contributed by atoms with E-state index >= 15 is 0 Å². The molecule has 0 spiro atoms. The van der Waals surface area contributed by atoms with Crippen molar-refractivity contribution in [3.8, 4) is 22.9 Å². The SMILES string of the molecule is COc1ccc(CC(=O)N=C(N)NC(Cc2ccccc2)C(=O)NCc2ccc(F)c(-c3nn[nH]n3)c2)cc1OC. The molecule has 0 fully saturated rings. The van der Waals surface area contributed by atoms with Gasteiger partial charge in [0, 0.05) is 13.0 Å². The van der Waals surface area contributed by atoms with E-state index in [2.05, 4.69) is 36.3 Å². The predicted octanol–water partition coefficient (Wildman–Crippen LogP) is 1.92. The molecule has 1 aromatic heterocycles. The lowest BCUT2D eigenvalue weighted by Gasteiger charge is -2.19. The van der Waals surface area contributed by atoms with Crippen molar-refractivity contribution in [2.45, 2.75) is 25.4 Å². The lowest BCUT2D eigenvalue weighted by molar-refractivity contribution is -0.123. The highest BCUT2D eigenvalue weighted by atomic mass is 19.1. The molecule has 4 rings (SSSR count). The van der Waals surface area contributed by atoms with Crippen LogP contribution in [-0.2, 0) is 29.0 Å². The molecule has 0 saturated heterocycles. The molecule has 0 saturated carbocycles. The number of nitrogens with two attached hydrogens (primary N) is 1. The quantitative estimate of drug-likeness (QED) is 0.158. The molecular formula is C28H29FN8O4. The molecule has 0 bridgehead atoms. The van der Waals surface area contributed by atoms with Crippen molar-refractivity contribution in [1.82, 2.24) is 31.3 Å². The van der Waals surface area contributed by atoms with Crippen LogP contribution < -0.4 is 25.8 Å². The molecule has 2 amide bonds. The molecule has 0 radical (unpaired) electrons. The highest BCUT2D eigenvalue weighted by Gasteiger charge is 2.21. The van der Waals surface area contributed by atoms with Crippen molar-refractivity contribution in [3.05, 3.63) is 89.2 Å². The molecule has 0 aliphatic heterocycles. The van der Waals surface area contributed by atoms with Crippen LogP contribution in [0.3, 0.4) is 0 Å². The van der Waals surface area contributed by atoms with E-state index in [1.807, 2.05) is 30.3 Å². The molecule has 1 heterocycles. The fraction of sp³-hybridized carbons (Fsp3) is 0.214. The van der Waals surface area contributed by atoms with Crippen LogP contribution in [0.15, 0.2) is 71.7 Å². The smallest absolute Gasteiger partial charge is 0.253 e. The van der Waals surface area contributed by atoms with Crippen molar-refractivity contribution < 1.29 is 23.5 Å². The van der Waals surface area contributed by atoms with Crippen LogP contribution in [-0.4, -0.2) is 58.7 Å². The summed E-state index contributed by atoms with van der Waals surface area (Å²) in [5, 5.41) is 19.0. The summed E-state index contributed by atoms with van der Waals surface area (Å²) in [5.41, 5.74) is 8.33. The van der Waals surface area contributed by atoms with Gasteiger partial charge in [-0.1, -0.05) is 42.5 Å². The molecular weight excluding hydrogens is 531 g/mol. The summed E-state index contributed by atoms with van der Waals surface area (Å²) in [6.45, 7) is 0.0895. The van der Waals surface area contributed by atoms with Gasteiger partial charge in [-0.2, -0.15) is 10.2 Å². The standard InChI is InChI=1S/C28H29FN8O4/c1-40-23-11-9-18(14-24(23)41-2)15-25(38)33-28(30)32-22(13-17-6-4-3-5-7-17)27(39)31-16-19-8-10-21(29)20(12-19)26-34-36-37-35-26/h3-12,14,22H,13,15-16H2,1-2H3,(H,31,39)(H3,30,32,33,38)(H,34,35,36,37). The molecule has 13 heteroatoms. The van der Waals surface area contributed by atoms with Crippen LogP contribution in [0.4, 0.5) is 4.39 Å². The monoisotopic (exact) mass is 560 g/mol. The maximum absolute atomic E-state index is 14.3. The number of aromatic amines is 1. The number of methoxy groups -OCH3 is 2. The second-order valence-corrected chi connectivity index (χ2v) is 8.91. The Balaban J connectivity index is 1.44. The van der Waals surface area contributed by atoms with Gasteiger partial charge in [0.25, 0.3) is 5.91 Å². The number of hydrogen-bond donors (Lipinski definition) is 4. The van der Waals surface area contributed by atoms with Gasteiger partial charge in [-0.15, -0.1) is 10.2 Å². The van der Waals surface area contributed by atoms with E-state index in [4.69, 9.17) is 15.2 Å². The summed E-state index contributed by atoms with van der Waals surface area (Å²) in [5.74, 6) is -0.514. The van der Waals surface area contributed by atoms with Crippen LogP contribution >= 0.6 is 0 Å². The second-order valence-electron chi connectivity index (χ2n) is 8.91. The Hall–Kier alpha value is -5.33. The Morgan fingerprint density at radius 3 is 2.46 bits per heavy atom. The minimum Gasteiger partial charge on any atom is -0.493 e. The van der Waals surface area contributed by atoms with E-state index in [9.17, 15) is 14.0 Å². The average molecular weight is 561 g/mol. The van der Waals surface area contributed by atoms with Gasteiger partial charge in [0.2, 0.25) is 11.7 Å². The number of benzene rings is 3. The van der Waals surface area contributed by atoms with E-state index < -0.39 is 23.7 Å². The highest BCUT2D eigenvalue weighted by molar-refractivity contribution is 5.95. The molecule has 1 unspecified atom stereocenters. The number of hydrogen-bond acceptors (Lipinski definition) is 7. The van der Waals surface area contributed by atoms with Crippen LogP contribution in [0.25, 0.3) is 11.4 Å². The number of aliphatic imine (C=N–C) groups is 1. The van der Waals surface area contributed by atoms with E-state index in [0.29, 0.717) is 22.6 Å². The Morgan fingerprint density at radius 1 is 1.00 bits per heavy atom. The zero-order valence-electron chi connectivity index (χ0n) is 22.4. The largest absolute Gasteiger partial charge is 0.493 e. The summed E-state index contributed by atoms with van der Waals surface area (Å²) >= 11 is 0. The topological polar surface area (TPSA) is 169 Å². The van der Waals surface area contributed by atoms with Crippen molar-refractivity contribution in [2.24, 2.45) is 10.7 Å². The van der Waals surface area contributed by atoms with Crippen LogP contribution in [0, 0.1) is 5.82 Å². The first-order valence-electron chi connectivity index (χ1n) is 12.5. The Bertz CT molecular complexity index is 1510. The summed E-state index contributed by atoms with van der Waals surface area (Å²) in [4.78, 5) is 29.8. The molecule has 12 nitrogen and oxygen atoms in total. The third-order valence-electron chi connectivity index (χ3n) is 6.05. The number of halogens is 1. The summed E-state index contributed by atoms with van der Waals surface area (Å²) in [6, 6.07) is 17.9. The predicted molar refractivity (Wildman–Crippen MR) is 148 cm³/mol. The van der Waals surface area contributed by atoms with Crippen molar-refractivity contribution >= 4 is 17.8 Å². The van der Waals surface area contributed by atoms with Crippen LogP contribution in [0.5, 0.6) is 11.5 Å². The highest BCUT2D eigenvalue weighted by Crippen LogP contribution is 2.27. The fourth-order valence-corrected chi connectivity index (χ4v) is 4.05. The third-order valence-corrected chi connectivity index (χ3v) is 6.05. The molecule has 0 aliphatic rings. The second kappa shape index (κ2) is 13.6. The maximum Gasteiger partial charge on any atom is 0.253 e. The van der Waals surface area contributed by atoms with E-state index in [1.165, 1.54) is 26.4 Å². The molecule has 212 valence electrons. The lowest BCUT2D eigenvalue weighted by atomic mass is 10.0. The van der Waals surface area contributed by atoms with Gasteiger partial charge in [-0.05, 0) is 46.2 Å². The third kappa shape index (κ3) is 7.85. The number of tetrazole rings is 1. The van der Waals surface area contributed by atoms with Gasteiger partial charge in [0.1, 0.15) is 11.9 Å². The van der Waals surface area contributed by atoms with Crippen molar-refractivity contribution in [1.29, 1.82) is 0 Å². The van der Waals surface area contributed by atoms with Crippen LogP contribution in [0.2, 0.25) is 0 Å². The molecule has 4 aromatic rings. The van der Waals surface area contributed by atoms with Gasteiger partial charge >= 0.3 is 0 Å². The minimum absolute atomic E-state index is 0.0362. The van der Waals surface area contributed by atoms with Gasteiger partial charge in [-0.3, -0.25) is 9.59 Å². The zero-order chi connectivity index (χ0) is 29.2. The van der Waals surface area contributed by atoms with Crippen LogP contribution in [0.1, 0.15) is 16.7 Å². The summed E-state index contributed by atoms with van der Waals surface area (Å²) in [6.07, 6.45) is 0.232. The minimum atomic E-state index is -0.854. The average Bonchev–Trinajstić information content (AvgIpc) is 3.51. The van der Waals surface area contributed by atoms with Crippen molar-refractivity contribution in [2.75, 3.05) is 14.2 Å². The normalized spacial score (nSPS) is 11.9. The Morgan fingerprint density at radius 2 is 1.76 bits per heavy atom. The maximum atomic E-state index is 14.3. The number of H-pyrrole nitrogens is 1. The summed E-state index contributed by atoms with van der Waals surface area (Å²) < 4.78 is 24.8. The zero-order valence-corrected chi connectivity index (χ0v) is 22.4. The fourth-order valence-electron chi connectivity index (χ4n) is 4.05. The van der Waals surface area contributed by atoms with Gasteiger partial charge in [0.05, 0.1) is 26.2 Å². The molecule has 1 atom stereocenters. The molecule has 41 heavy (non-hydrogen) atoms. The van der Waals surface area contributed by atoms with E-state index in [0.717, 1.165) is 5.56 Å². The number of carbonyl (C=O) groups excluding carboxylic acids is 2. The number of nitrogens with zero attached hydrogens (tertiary/aromatic N) is 4. The number of rotatable bonds is 11. The number of carbonyl (C=O) groups is 2. The summed E-state index contributed by atoms with van der Waals surface area (Å²) in [7, 11) is 3.03. The first-order valence-corrected chi connectivity index (χ1v) is 12.5. The molecule has 3 aromatic carbocycles.